The first-order valence-electron chi connectivity index (χ1n) is 33.4. The molecule has 7 unspecified atom stereocenters. The van der Waals surface area contributed by atoms with Crippen LogP contribution in [0, 0.1) is 0 Å². The van der Waals surface area contributed by atoms with Crippen LogP contribution in [0.25, 0.3) is 11.1 Å². The predicted molar refractivity (Wildman–Crippen MR) is 377 cm³/mol. The van der Waals surface area contributed by atoms with Crippen LogP contribution in [0.4, 0.5) is 0 Å². The number of unbranched alkanes of at least 4 members (excludes halogenated alkanes) is 1. The molecular formula is C75H72Cl2N10O17. The van der Waals surface area contributed by atoms with E-state index in [0.717, 1.165) is 61.2 Å². The van der Waals surface area contributed by atoms with E-state index in [-0.39, 0.29) is 96.1 Å². The molecule has 15 rings (SSSR count). The van der Waals surface area contributed by atoms with Crippen molar-refractivity contribution >= 4 is 64.6 Å². The summed E-state index contributed by atoms with van der Waals surface area (Å²) in [6.45, 7) is 4.92. The Kier molecular flexibility index (Phi) is 20.2. The van der Waals surface area contributed by atoms with Gasteiger partial charge in [-0.3, -0.25) is 43.4 Å². The molecule has 538 valence electrons. The first-order valence-corrected chi connectivity index (χ1v) is 34.2. The molecule has 7 aliphatic heterocycles. The van der Waals surface area contributed by atoms with Crippen molar-refractivity contribution < 1.29 is 83.5 Å². The van der Waals surface area contributed by atoms with Gasteiger partial charge in [0.1, 0.15) is 88.6 Å². The summed E-state index contributed by atoms with van der Waals surface area (Å²) in [5.41, 5.74) is 7.50. The number of aliphatic hydroxyl groups excluding tert-OH is 1. The van der Waals surface area contributed by atoms with E-state index in [1.807, 2.05) is 4.90 Å². The van der Waals surface area contributed by atoms with Crippen LogP contribution in [0.5, 0.6) is 69.0 Å². The fourth-order valence-corrected chi connectivity index (χ4v) is 13.9. The maximum atomic E-state index is 16.1. The van der Waals surface area contributed by atoms with E-state index in [1.54, 1.807) is 0 Å². The lowest BCUT2D eigenvalue weighted by Gasteiger charge is -2.35. The van der Waals surface area contributed by atoms with Gasteiger partial charge in [0.05, 0.1) is 15.6 Å². The Hall–Kier alpha value is -11.3. The molecule has 0 aliphatic carbocycles. The topological polar surface area (TPSA) is 405 Å². The Labute approximate surface area is 604 Å². The molecule has 8 aromatic rings. The summed E-state index contributed by atoms with van der Waals surface area (Å²) in [6, 6.07) is 17.3. The first kappa shape index (κ1) is 71.1. The zero-order chi connectivity index (χ0) is 73.5. The van der Waals surface area contributed by atoms with Crippen molar-refractivity contribution in [1.29, 1.82) is 0 Å². The number of aryl methyl sites for hydroxylation is 1. The van der Waals surface area contributed by atoms with Gasteiger partial charge in [0.15, 0.2) is 23.0 Å². The van der Waals surface area contributed by atoms with Gasteiger partial charge in [-0.25, -0.2) is 0 Å². The summed E-state index contributed by atoms with van der Waals surface area (Å²) < 4.78 is 18.7. The van der Waals surface area contributed by atoms with E-state index < -0.39 is 136 Å². The second-order valence-corrected chi connectivity index (χ2v) is 26.9. The molecule has 7 heterocycles. The van der Waals surface area contributed by atoms with Gasteiger partial charge in [-0.2, -0.15) is 0 Å². The van der Waals surface area contributed by atoms with Gasteiger partial charge < -0.3 is 92.9 Å². The highest BCUT2D eigenvalue weighted by Gasteiger charge is 2.42. The summed E-state index contributed by atoms with van der Waals surface area (Å²) in [7, 11) is 1.25. The second kappa shape index (κ2) is 29.6. The van der Waals surface area contributed by atoms with E-state index in [0.29, 0.717) is 38.3 Å². The van der Waals surface area contributed by atoms with E-state index in [9.17, 15) is 45.3 Å². The van der Waals surface area contributed by atoms with Crippen LogP contribution in [0.1, 0.15) is 112 Å². The molecule has 1 saturated heterocycles. The van der Waals surface area contributed by atoms with Crippen LogP contribution >= 0.6 is 23.2 Å². The van der Waals surface area contributed by atoms with Crippen LogP contribution in [-0.2, 0) is 59.5 Å². The van der Waals surface area contributed by atoms with Crippen molar-refractivity contribution in [3.05, 3.63) is 199 Å². The first-order chi connectivity index (χ1) is 49.9. The molecule has 1 fully saturated rings. The molecule has 0 spiro atoms. The molecule has 104 heavy (non-hydrogen) atoms. The maximum absolute atomic E-state index is 16.1. The van der Waals surface area contributed by atoms with Gasteiger partial charge in [0.2, 0.25) is 47.1 Å². The third-order valence-corrected chi connectivity index (χ3v) is 19.7. The minimum atomic E-state index is -2.17. The van der Waals surface area contributed by atoms with Crippen LogP contribution in [0.2, 0.25) is 10.0 Å². The number of hydrogen-bond acceptors (Lipinski definition) is 20. The summed E-state index contributed by atoms with van der Waals surface area (Å²) in [6.07, 6.45) is 0.747. The average Bonchev–Trinajstić information content (AvgIpc) is 0.762. The van der Waals surface area contributed by atoms with Gasteiger partial charge >= 0.3 is 0 Å². The molecular weight excluding hydrogens is 1380 g/mol. The molecule has 8 aromatic carbocycles. The fraction of sp³-hybridized carbons (Fsp3) is 0.267. The predicted octanol–water partition coefficient (Wildman–Crippen LogP) is 7.31. The van der Waals surface area contributed by atoms with Crippen LogP contribution in [0.3, 0.4) is 0 Å². The van der Waals surface area contributed by atoms with Crippen molar-refractivity contribution in [2.24, 2.45) is 5.73 Å². The Morgan fingerprint density at radius 2 is 1.12 bits per heavy atom. The molecule has 29 heteroatoms. The third-order valence-electron chi connectivity index (χ3n) is 19.1. The van der Waals surface area contributed by atoms with Gasteiger partial charge in [0.25, 0.3) is 0 Å². The standard InChI is InChI=1S/C75H72Cl2N10O17/c1-3-4-5-35-6-8-36(9-7-35)33-86-18-20-87(21-19-86)34-47-53(91)32-46-59(67(47)93)45-26-39(12-14-51(45)89)61-72(98)85-65(75(101)84-64(46)71(97)79-2)66(92)40-13-17-55(49(77)27-40)104-58-30-42-29-57(68(58)94)103-54-16-10-37(22-48(54)76)23-50-69(95)81-62(73(99)83-63(42)74(100)82-61)41-24-43(88)31-44(25-41)102-56-28-38(11-15-52(56)90)60(78)70(96)80-50/h6-17,22,24-32,50,60-66,88-94H,3-5,18-21,23,33-34,78H2,1-2H3,(H,79,97)(H,80,96)(H,81,95)(H,82,100)(H,83,99)(H,84,101)(H,85,98)/t50?,60?,61?,62?,63?,64-,65?,66?/m1/s1. The van der Waals surface area contributed by atoms with Crippen LogP contribution < -0.4 is 57.2 Å². The monoisotopic (exact) mass is 1450 g/mol. The molecule has 17 bridgehead atoms. The third kappa shape index (κ3) is 14.7. The average molecular weight is 1460 g/mol. The number of aromatic hydroxyl groups is 6. The lowest BCUT2D eigenvalue weighted by atomic mass is 9.87. The van der Waals surface area contributed by atoms with Gasteiger partial charge in [-0.1, -0.05) is 85.1 Å². The number of nitrogens with one attached hydrogen (secondary N) is 7. The van der Waals surface area contributed by atoms with Crippen molar-refractivity contribution in [2.75, 3.05) is 33.2 Å². The van der Waals surface area contributed by atoms with Gasteiger partial charge in [0, 0.05) is 69.9 Å². The fourth-order valence-electron chi connectivity index (χ4n) is 13.4. The highest BCUT2D eigenvalue weighted by Crippen LogP contribution is 2.50. The highest BCUT2D eigenvalue weighted by atomic mass is 35.5. The SMILES string of the molecule is CCCCc1ccc(CN2CCN(Cc3c(O)cc4c(c3O)-c3cc(ccc3O)C3NC(=O)C5NC(=O)C6NC(=O)C(Cc7ccc(c(Cl)c7)Oc7cc5cc(c7O)Oc5ccc(cc5Cl)C(O)C(NC3=O)C(=O)N[C@H]4C(=O)NC)NC(=O)C(N)c3ccc(O)c(c3)Oc3cc(O)cc6c3)CC2)cc1. The molecule has 0 saturated carbocycles. The number of carbonyl (C=O) groups is 7. The lowest BCUT2D eigenvalue weighted by molar-refractivity contribution is -0.137. The molecule has 16 N–H and O–H groups in total. The van der Waals surface area contributed by atoms with E-state index in [1.165, 1.54) is 85.4 Å². The van der Waals surface area contributed by atoms with Gasteiger partial charge in [-0.05, 0) is 142 Å². The van der Waals surface area contributed by atoms with E-state index >= 15 is 24.0 Å². The zero-order valence-electron chi connectivity index (χ0n) is 55.8. The molecule has 8 atom stereocenters. The summed E-state index contributed by atoms with van der Waals surface area (Å²) in [5.74, 6) is -13.2. The number of likely N-dealkylation sites (N-methyl/N-ethyl adjacent to an activating group) is 1. The molecule has 27 nitrogen and oxygen atoms in total. The van der Waals surface area contributed by atoms with Crippen molar-refractivity contribution in [2.45, 2.75) is 94.1 Å². The van der Waals surface area contributed by atoms with E-state index in [4.69, 9.17) is 43.1 Å². The number of ether oxygens (including phenoxy) is 3. The maximum Gasteiger partial charge on any atom is 0.248 e. The summed E-state index contributed by atoms with van der Waals surface area (Å²) >= 11 is 13.9. The Balaban J connectivity index is 0.958. The Bertz CT molecular complexity index is 4790. The smallest absolute Gasteiger partial charge is 0.248 e. The number of benzene rings is 8. The number of phenols is 6. The minimum Gasteiger partial charge on any atom is -0.508 e. The number of nitrogens with two attached hydrogens (primary N) is 1. The zero-order valence-corrected chi connectivity index (χ0v) is 57.3. The number of nitrogens with zero attached hydrogens (tertiary/aromatic N) is 2. The highest BCUT2D eigenvalue weighted by molar-refractivity contribution is 6.32. The van der Waals surface area contributed by atoms with Crippen molar-refractivity contribution in [1.82, 2.24) is 47.0 Å². The summed E-state index contributed by atoms with van der Waals surface area (Å²) in [4.78, 5) is 111. The normalized spacial score (nSPS) is 21.4. The number of halogens is 2. The molecule has 0 radical (unpaired) electrons. The van der Waals surface area contributed by atoms with Crippen LogP contribution in [-0.4, -0.2) is 132 Å². The van der Waals surface area contributed by atoms with Crippen LogP contribution in [0.15, 0.2) is 133 Å². The molecule has 7 amide bonds. The number of piperazine rings is 1. The number of aliphatic hydroxyl groups is 1. The number of fused-ring (bicyclic) bond motifs is 14. The number of carbonyl (C=O) groups excluding carboxylic acids is 7. The van der Waals surface area contributed by atoms with Crippen molar-refractivity contribution in [3.8, 4) is 80.1 Å². The summed E-state index contributed by atoms with van der Waals surface area (Å²) in [5, 5.41) is 102. The van der Waals surface area contributed by atoms with Gasteiger partial charge in [-0.15, -0.1) is 0 Å². The second-order valence-electron chi connectivity index (χ2n) is 26.1. The Morgan fingerprint density at radius 3 is 1.79 bits per heavy atom. The number of hydrogen-bond donors (Lipinski definition) is 15. The van der Waals surface area contributed by atoms with E-state index in [2.05, 4.69) is 73.3 Å². The minimum absolute atomic E-state index is 0.0521. The number of phenolic OH excluding ortho intramolecular Hbond substituents is 6. The number of rotatable bonds is 8. The van der Waals surface area contributed by atoms with Crippen molar-refractivity contribution in [3.63, 3.8) is 0 Å². The largest absolute Gasteiger partial charge is 0.508 e. The quantitative estimate of drug-likeness (QED) is 0.0709. The number of amides is 7. The molecule has 0 aromatic heterocycles. The molecule has 7 aliphatic rings. The lowest BCUT2D eigenvalue weighted by Crippen LogP contribution is -2.55. The Morgan fingerprint density at radius 1 is 0.538 bits per heavy atom.